The van der Waals surface area contributed by atoms with E-state index in [1.165, 1.54) is 12.1 Å². The molecular formula is C19H23F4N3O2. The third kappa shape index (κ3) is 3.72. The molecule has 3 rings (SSSR count). The molecule has 1 amide bonds. The third-order valence-electron chi connectivity index (χ3n) is 5.30. The van der Waals surface area contributed by atoms with Crippen LogP contribution in [0.15, 0.2) is 23.2 Å². The average Bonchev–Trinajstić information content (AvgIpc) is 3.35. The molecule has 0 radical (unpaired) electrons. The maximum absolute atomic E-state index is 14.6. The molecule has 1 aromatic carbocycles. The first kappa shape index (κ1) is 20.6. The number of nitrogens with zero attached hydrogens (tertiary/aromatic N) is 1. The Labute approximate surface area is 160 Å². The molecule has 3 N–H and O–H groups in total. The molecule has 0 aromatic heterocycles. The fraction of sp³-hybridized carbons (Fsp3) is 0.579. The molecule has 1 aliphatic carbocycles. The Morgan fingerprint density at radius 2 is 1.89 bits per heavy atom. The Bertz CT molecular complexity index is 831. The van der Waals surface area contributed by atoms with Gasteiger partial charge in [-0.25, -0.2) is 4.39 Å². The zero-order valence-corrected chi connectivity index (χ0v) is 15.9. The number of ether oxygens (including phenoxy) is 1. The van der Waals surface area contributed by atoms with Crippen LogP contribution < -0.4 is 11.1 Å². The van der Waals surface area contributed by atoms with Gasteiger partial charge >= 0.3 is 6.18 Å². The summed E-state index contributed by atoms with van der Waals surface area (Å²) in [7, 11) is 0. The van der Waals surface area contributed by atoms with Crippen LogP contribution in [0.5, 0.6) is 0 Å². The average molecular weight is 401 g/mol. The van der Waals surface area contributed by atoms with Gasteiger partial charge in [0.2, 0.25) is 5.91 Å². The van der Waals surface area contributed by atoms with Gasteiger partial charge in [0.25, 0.3) is 0 Å². The topological polar surface area (TPSA) is 76.7 Å². The number of amidine groups is 1. The van der Waals surface area contributed by atoms with Crippen LogP contribution in [0.1, 0.15) is 45.6 Å². The van der Waals surface area contributed by atoms with Crippen molar-refractivity contribution in [3.63, 3.8) is 0 Å². The molecule has 2 aliphatic rings. The van der Waals surface area contributed by atoms with Crippen molar-refractivity contribution in [3.05, 3.63) is 29.6 Å². The van der Waals surface area contributed by atoms with Gasteiger partial charge in [-0.3, -0.25) is 9.79 Å². The maximum atomic E-state index is 14.6. The van der Waals surface area contributed by atoms with Crippen molar-refractivity contribution < 1.29 is 27.1 Å². The van der Waals surface area contributed by atoms with Crippen LogP contribution in [0.3, 0.4) is 0 Å². The molecule has 1 aliphatic heterocycles. The number of hydrogen-bond donors (Lipinski definition) is 2. The molecule has 1 fully saturated rings. The number of nitrogens with one attached hydrogen (secondary N) is 1. The predicted molar refractivity (Wildman–Crippen MR) is 96.4 cm³/mol. The fourth-order valence-electron chi connectivity index (χ4n) is 3.72. The molecule has 5 nitrogen and oxygen atoms in total. The van der Waals surface area contributed by atoms with Crippen molar-refractivity contribution in [2.24, 2.45) is 16.1 Å². The second-order valence-electron chi connectivity index (χ2n) is 8.33. The maximum Gasteiger partial charge on any atom is 0.403 e. The number of aliphatic imine (C=N–C) groups is 1. The van der Waals surface area contributed by atoms with E-state index in [9.17, 15) is 22.4 Å². The van der Waals surface area contributed by atoms with Gasteiger partial charge in [-0.1, -0.05) is 0 Å². The molecule has 154 valence electrons. The van der Waals surface area contributed by atoms with Gasteiger partial charge in [-0.05, 0) is 51.8 Å². The Kier molecular flexibility index (Phi) is 4.73. The van der Waals surface area contributed by atoms with E-state index in [2.05, 4.69) is 10.3 Å². The van der Waals surface area contributed by atoms with E-state index < -0.39 is 34.5 Å². The first-order chi connectivity index (χ1) is 12.8. The number of nitrogens with two attached hydrogens (primary N) is 1. The van der Waals surface area contributed by atoms with E-state index in [4.69, 9.17) is 10.5 Å². The summed E-state index contributed by atoms with van der Waals surface area (Å²) in [4.78, 5) is 16.6. The number of hydrogen-bond acceptors (Lipinski definition) is 4. The van der Waals surface area contributed by atoms with Crippen LogP contribution in [-0.2, 0) is 15.1 Å². The van der Waals surface area contributed by atoms with Gasteiger partial charge in [-0.2, -0.15) is 13.2 Å². The van der Waals surface area contributed by atoms with Gasteiger partial charge in [0.1, 0.15) is 23.7 Å². The van der Waals surface area contributed by atoms with Crippen LogP contribution in [0.2, 0.25) is 0 Å². The first-order valence-electron chi connectivity index (χ1n) is 8.94. The number of halogens is 4. The Morgan fingerprint density at radius 1 is 1.25 bits per heavy atom. The summed E-state index contributed by atoms with van der Waals surface area (Å²) in [6.45, 7) is 5.42. The van der Waals surface area contributed by atoms with E-state index in [-0.39, 0.29) is 36.5 Å². The van der Waals surface area contributed by atoms with E-state index >= 15 is 0 Å². The molecule has 1 unspecified atom stereocenters. The van der Waals surface area contributed by atoms with Gasteiger partial charge in [0, 0.05) is 17.7 Å². The second kappa shape index (κ2) is 6.43. The number of carbonyl (C=O) groups is 1. The van der Waals surface area contributed by atoms with Crippen molar-refractivity contribution in [3.8, 4) is 0 Å². The van der Waals surface area contributed by atoms with Crippen molar-refractivity contribution >= 4 is 17.4 Å². The van der Waals surface area contributed by atoms with E-state index in [1.807, 2.05) is 13.8 Å². The minimum absolute atomic E-state index is 0.0786. The molecule has 9 heteroatoms. The summed E-state index contributed by atoms with van der Waals surface area (Å²) >= 11 is 0. The number of carbonyl (C=O) groups excluding carboxylic acids is 1. The predicted octanol–water partition coefficient (Wildman–Crippen LogP) is 3.88. The largest absolute Gasteiger partial charge is 0.403 e. The second-order valence-corrected chi connectivity index (χ2v) is 8.33. The van der Waals surface area contributed by atoms with E-state index in [1.54, 1.807) is 6.92 Å². The van der Waals surface area contributed by atoms with E-state index in [0.29, 0.717) is 6.42 Å². The van der Waals surface area contributed by atoms with Crippen LogP contribution in [0, 0.1) is 11.2 Å². The summed E-state index contributed by atoms with van der Waals surface area (Å²) < 4.78 is 59.8. The lowest BCUT2D eigenvalue weighted by molar-refractivity contribution is -0.189. The number of amides is 1. The smallest absolute Gasteiger partial charge is 0.386 e. The zero-order chi connectivity index (χ0) is 21.0. The van der Waals surface area contributed by atoms with Crippen LogP contribution >= 0.6 is 0 Å². The monoisotopic (exact) mass is 401 g/mol. The number of alkyl halides is 3. The lowest BCUT2D eigenvalue weighted by Gasteiger charge is -2.33. The highest BCUT2D eigenvalue weighted by Gasteiger charge is 2.68. The van der Waals surface area contributed by atoms with Crippen LogP contribution in [0.25, 0.3) is 0 Å². The Hall–Kier alpha value is -2.16. The van der Waals surface area contributed by atoms with Gasteiger partial charge in [0.05, 0.1) is 11.1 Å². The number of benzene rings is 1. The van der Waals surface area contributed by atoms with Crippen LogP contribution in [0.4, 0.5) is 23.2 Å². The summed E-state index contributed by atoms with van der Waals surface area (Å²) in [5.74, 6) is -1.53. The summed E-state index contributed by atoms with van der Waals surface area (Å²) in [6, 6.07) is 3.66. The highest BCUT2D eigenvalue weighted by molar-refractivity contribution is 5.98. The number of rotatable bonds is 3. The molecule has 0 bridgehead atoms. The lowest BCUT2D eigenvalue weighted by atomic mass is 9.82. The Balaban J connectivity index is 1.94. The highest BCUT2D eigenvalue weighted by Crippen LogP contribution is 2.58. The third-order valence-corrected chi connectivity index (χ3v) is 5.30. The fourth-order valence-corrected chi connectivity index (χ4v) is 3.72. The normalized spacial score (nSPS) is 26.2. The van der Waals surface area contributed by atoms with Gasteiger partial charge < -0.3 is 15.8 Å². The molecule has 28 heavy (non-hydrogen) atoms. The standard InChI is InChI=1S/C19H23F4N3O2/c1-16(2)10-17(3,26-14(24)9-28-16)12-8-11(4-5-13(12)20)25-15(27)18(6-7-18)19(21,22)23/h4-5,8H,6-7,9-10H2,1-3H3,(H2,24,26)(H,25,27). The van der Waals surface area contributed by atoms with Crippen molar-refractivity contribution in [2.45, 2.75) is 57.3 Å². The molecule has 0 saturated heterocycles. The summed E-state index contributed by atoms with van der Waals surface area (Å²) in [5.41, 5.74) is 1.96. The number of anilines is 1. The van der Waals surface area contributed by atoms with Crippen LogP contribution in [-0.4, -0.2) is 30.1 Å². The SMILES string of the molecule is CC1(C)CC(C)(c2cc(NC(=O)C3(C(F)(F)F)CC3)ccc2F)N=C(N)CO1. The molecule has 1 aromatic rings. The lowest BCUT2D eigenvalue weighted by Crippen LogP contribution is -2.37. The van der Waals surface area contributed by atoms with Gasteiger partial charge in [0.15, 0.2) is 0 Å². The van der Waals surface area contributed by atoms with Crippen molar-refractivity contribution in [2.75, 3.05) is 11.9 Å². The summed E-state index contributed by atoms with van der Waals surface area (Å²) in [5, 5.41) is 2.29. The molecule has 1 heterocycles. The summed E-state index contributed by atoms with van der Waals surface area (Å²) in [6.07, 6.45) is -4.82. The molecule has 0 spiro atoms. The van der Waals surface area contributed by atoms with Crippen molar-refractivity contribution in [1.82, 2.24) is 0 Å². The highest BCUT2D eigenvalue weighted by atomic mass is 19.4. The zero-order valence-electron chi connectivity index (χ0n) is 15.9. The quantitative estimate of drug-likeness (QED) is 0.755. The molecule has 1 atom stereocenters. The molecular weight excluding hydrogens is 378 g/mol. The van der Waals surface area contributed by atoms with E-state index in [0.717, 1.165) is 6.07 Å². The minimum Gasteiger partial charge on any atom is -0.386 e. The van der Waals surface area contributed by atoms with Gasteiger partial charge in [-0.15, -0.1) is 0 Å². The first-order valence-corrected chi connectivity index (χ1v) is 8.94. The Morgan fingerprint density at radius 3 is 2.46 bits per heavy atom. The minimum atomic E-state index is -4.62. The molecule has 1 saturated carbocycles. The van der Waals surface area contributed by atoms with Crippen molar-refractivity contribution in [1.29, 1.82) is 0 Å².